The van der Waals surface area contributed by atoms with Gasteiger partial charge in [-0.25, -0.2) is 0 Å². The number of carbonyl (C=O) groups is 1. The van der Waals surface area contributed by atoms with Gasteiger partial charge in [0.05, 0.1) is 0 Å². The largest absolute Gasteiger partial charge is 0.409 e. The number of oxime groups is 1. The molecule has 1 fully saturated rings. The lowest BCUT2D eigenvalue weighted by Gasteiger charge is -2.40. The minimum absolute atomic E-state index is 0.0313. The van der Waals surface area contributed by atoms with Crippen molar-refractivity contribution in [2.75, 3.05) is 0 Å². The fourth-order valence-corrected chi connectivity index (χ4v) is 2.34. The minimum Gasteiger partial charge on any atom is -0.409 e. The van der Waals surface area contributed by atoms with Crippen molar-refractivity contribution in [3.63, 3.8) is 0 Å². The molecule has 1 aliphatic carbocycles. The molecule has 0 aromatic rings. The van der Waals surface area contributed by atoms with Crippen LogP contribution in [0.4, 0.5) is 0 Å². The number of rotatable bonds is 4. The highest BCUT2D eigenvalue weighted by molar-refractivity contribution is 5.95. The van der Waals surface area contributed by atoms with Gasteiger partial charge in [0.25, 0.3) is 0 Å². The molecule has 0 saturated heterocycles. The molecule has 0 heterocycles. The van der Waals surface area contributed by atoms with Crippen LogP contribution in [0.25, 0.3) is 0 Å². The summed E-state index contributed by atoms with van der Waals surface area (Å²) in [7, 11) is 0. The average Bonchev–Trinajstić information content (AvgIpc) is 2.40. The molecule has 0 spiro atoms. The van der Waals surface area contributed by atoms with Gasteiger partial charge in [-0.05, 0) is 38.0 Å². The van der Waals surface area contributed by atoms with Crippen molar-refractivity contribution in [1.82, 2.24) is 5.32 Å². The van der Waals surface area contributed by atoms with E-state index in [1.165, 1.54) is 0 Å². The van der Waals surface area contributed by atoms with E-state index in [1.54, 1.807) is 0 Å². The van der Waals surface area contributed by atoms with Crippen molar-refractivity contribution in [1.29, 1.82) is 0 Å². The fourth-order valence-electron chi connectivity index (χ4n) is 2.34. The minimum atomic E-state index is -0.676. The van der Waals surface area contributed by atoms with Gasteiger partial charge in [0.2, 0.25) is 5.91 Å². The van der Waals surface area contributed by atoms with Crippen LogP contribution in [0.2, 0.25) is 0 Å². The molecule has 1 rings (SSSR count). The van der Waals surface area contributed by atoms with Crippen molar-refractivity contribution in [3.05, 3.63) is 0 Å². The first kappa shape index (κ1) is 15.8. The van der Waals surface area contributed by atoms with Crippen LogP contribution >= 0.6 is 0 Å². The molecule has 5 heteroatoms. The third kappa shape index (κ3) is 3.39. The molecule has 0 unspecified atom stereocenters. The van der Waals surface area contributed by atoms with Gasteiger partial charge in [0, 0.05) is 5.41 Å². The molecule has 0 aliphatic heterocycles. The van der Waals surface area contributed by atoms with E-state index in [4.69, 9.17) is 10.9 Å². The SMILES string of the molecule is CCC(C)(C)C(=O)NC1(C(N)=NO)CCC(C)CC1. The van der Waals surface area contributed by atoms with E-state index in [0.29, 0.717) is 5.92 Å². The van der Waals surface area contributed by atoms with Crippen molar-refractivity contribution < 1.29 is 10.0 Å². The molecule has 5 nitrogen and oxygen atoms in total. The standard InChI is InChI=1S/C14H27N3O2/c1-5-13(3,4)12(18)16-14(11(15)17-19)8-6-10(2)7-9-14/h10,19H,5-9H2,1-4H3,(H2,15,17)(H,16,18). The number of carbonyl (C=O) groups excluding carboxylic acids is 1. The highest BCUT2D eigenvalue weighted by Gasteiger charge is 2.42. The Morgan fingerprint density at radius 3 is 2.42 bits per heavy atom. The summed E-state index contributed by atoms with van der Waals surface area (Å²) in [5, 5.41) is 15.2. The van der Waals surface area contributed by atoms with Gasteiger partial charge in [0.15, 0.2) is 5.84 Å². The smallest absolute Gasteiger partial charge is 0.226 e. The van der Waals surface area contributed by atoms with Crippen LogP contribution in [0.15, 0.2) is 5.16 Å². The van der Waals surface area contributed by atoms with E-state index in [-0.39, 0.29) is 11.7 Å². The van der Waals surface area contributed by atoms with Crippen molar-refractivity contribution in [2.45, 2.75) is 65.3 Å². The van der Waals surface area contributed by atoms with Crippen LogP contribution in [0.5, 0.6) is 0 Å². The van der Waals surface area contributed by atoms with Gasteiger partial charge < -0.3 is 16.3 Å². The summed E-state index contributed by atoms with van der Waals surface area (Å²) >= 11 is 0. The zero-order valence-corrected chi connectivity index (χ0v) is 12.5. The molecule has 0 atom stereocenters. The van der Waals surface area contributed by atoms with Gasteiger partial charge in [-0.1, -0.05) is 32.9 Å². The second kappa shape index (κ2) is 5.80. The topological polar surface area (TPSA) is 87.7 Å². The second-order valence-electron chi connectivity index (χ2n) is 6.44. The number of nitrogens with zero attached hydrogens (tertiary/aromatic N) is 1. The molecule has 0 bridgehead atoms. The third-order valence-corrected chi connectivity index (χ3v) is 4.58. The van der Waals surface area contributed by atoms with Gasteiger partial charge in [-0.2, -0.15) is 0 Å². The van der Waals surface area contributed by atoms with Gasteiger partial charge >= 0.3 is 0 Å². The van der Waals surface area contributed by atoms with E-state index in [1.807, 2.05) is 20.8 Å². The zero-order valence-electron chi connectivity index (χ0n) is 12.5. The summed E-state index contributed by atoms with van der Waals surface area (Å²) in [6.45, 7) is 7.99. The lowest BCUT2D eigenvalue weighted by atomic mass is 9.75. The second-order valence-corrected chi connectivity index (χ2v) is 6.44. The summed E-state index contributed by atoms with van der Waals surface area (Å²) < 4.78 is 0. The van der Waals surface area contributed by atoms with E-state index in [2.05, 4.69) is 17.4 Å². The van der Waals surface area contributed by atoms with Crippen molar-refractivity contribution in [3.8, 4) is 0 Å². The molecule has 1 amide bonds. The number of amides is 1. The number of amidine groups is 1. The maximum Gasteiger partial charge on any atom is 0.226 e. The monoisotopic (exact) mass is 269 g/mol. The molecule has 0 aromatic heterocycles. The Morgan fingerprint density at radius 1 is 1.47 bits per heavy atom. The van der Waals surface area contributed by atoms with Crippen LogP contribution in [-0.4, -0.2) is 22.5 Å². The first-order chi connectivity index (χ1) is 8.77. The predicted octanol–water partition coefficient (Wildman–Crippen LogP) is 2.23. The molecular formula is C14H27N3O2. The lowest BCUT2D eigenvalue weighted by Crippen LogP contribution is -2.61. The third-order valence-electron chi connectivity index (χ3n) is 4.58. The first-order valence-electron chi connectivity index (χ1n) is 7.08. The van der Waals surface area contributed by atoms with Crippen LogP contribution in [0.3, 0.4) is 0 Å². The Labute approximate surface area is 115 Å². The molecule has 1 aliphatic rings. The van der Waals surface area contributed by atoms with Crippen molar-refractivity contribution >= 4 is 11.7 Å². The summed E-state index contributed by atoms with van der Waals surface area (Å²) in [6, 6.07) is 0. The Morgan fingerprint density at radius 2 is 2.00 bits per heavy atom. The Balaban J connectivity index is 2.91. The molecule has 0 aromatic carbocycles. The van der Waals surface area contributed by atoms with Crippen LogP contribution in [0, 0.1) is 11.3 Å². The zero-order chi connectivity index (χ0) is 14.7. The number of nitrogens with two attached hydrogens (primary N) is 1. The first-order valence-corrected chi connectivity index (χ1v) is 7.08. The van der Waals surface area contributed by atoms with E-state index in [9.17, 15) is 4.79 Å². The molecule has 0 radical (unpaired) electrons. The predicted molar refractivity (Wildman–Crippen MR) is 76.0 cm³/mol. The van der Waals surface area contributed by atoms with E-state index < -0.39 is 11.0 Å². The maximum absolute atomic E-state index is 12.4. The Hall–Kier alpha value is -1.26. The molecule has 4 N–H and O–H groups in total. The summed E-state index contributed by atoms with van der Waals surface area (Å²) in [5.41, 5.74) is 4.73. The van der Waals surface area contributed by atoms with Gasteiger partial charge in [-0.3, -0.25) is 4.79 Å². The van der Waals surface area contributed by atoms with E-state index >= 15 is 0 Å². The van der Waals surface area contributed by atoms with Gasteiger partial charge in [0.1, 0.15) is 5.54 Å². The lowest BCUT2D eigenvalue weighted by molar-refractivity contribution is -0.131. The van der Waals surface area contributed by atoms with Crippen molar-refractivity contribution in [2.24, 2.45) is 22.2 Å². The number of hydrogen-bond acceptors (Lipinski definition) is 3. The highest BCUT2D eigenvalue weighted by Crippen LogP contribution is 2.33. The average molecular weight is 269 g/mol. The number of nitrogens with one attached hydrogen (secondary N) is 1. The van der Waals surface area contributed by atoms with Crippen LogP contribution < -0.4 is 11.1 Å². The van der Waals surface area contributed by atoms with Gasteiger partial charge in [-0.15, -0.1) is 0 Å². The summed E-state index contributed by atoms with van der Waals surface area (Å²) in [5.74, 6) is 0.714. The Bertz CT molecular complexity index is 356. The molecule has 110 valence electrons. The van der Waals surface area contributed by atoms with Crippen LogP contribution in [0.1, 0.15) is 59.8 Å². The highest BCUT2D eigenvalue weighted by atomic mass is 16.4. The summed E-state index contributed by atoms with van der Waals surface area (Å²) in [4.78, 5) is 12.4. The van der Waals surface area contributed by atoms with E-state index in [0.717, 1.165) is 32.1 Å². The number of hydrogen-bond donors (Lipinski definition) is 3. The molecule has 1 saturated carbocycles. The van der Waals surface area contributed by atoms with Crippen LogP contribution in [-0.2, 0) is 4.79 Å². The molecule has 19 heavy (non-hydrogen) atoms. The molecular weight excluding hydrogens is 242 g/mol. The normalized spacial score (nSPS) is 29.1. The Kier molecular flexibility index (Phi) is 4.82. The fraction of sp³-hybridized carbons (Fsp3) is 0.857. The summed E-state index contributed by atoms with van der Waals surface area (Å²) in [6.07, 6.45) is 4.17. The maximum atomic E-state index is 12.4. The quantitative estimate of drug-likeness (QED) is 0.316.